The van der Waals surface area contributed by atoms with Gasteiger partial charge in [-0.05, 0) is 28.1 Å². The Morgan fingerprint density at radius 3 is 2.50 bits per heavy atom. The van der Waals surface area contributed by atoms with Gasteiger partial charge in [-0.1, -0.05) is 15.9 Å². The van der Waals surface area contributed by atoms with E-state index < -0.39 is 6.61 Å². The van der Waals surface area contributed by atoms with Crippen LogP contribution in [0.2, 0.25) is 0 Å². The van der Waals surface area contributed by atoms with E-state index in [1.807, 2.05) is 6.07 Å². The molecule has 0 saturated heterocycles. The fourth-order valence-electron chi connectivity index (χ4n) is 0.827. The minimum absolute atomic E-state index is 0.0640. The van der Waals surface area contributed by atoms with E-state index in [-0.39, 0.29) is 15.8 Å². The highest BCUT2D eigenvalue weighted by molar-refractivity contribution is 9.11. The molecule has 0 N–H and O–H groups in total. The number of nitriles is 1. The molecule has 6 heteroatoms. The molecule has 0 fully saturated rings. The van der Waals surface area contributed by atoms with E-state index in [9.17, 15) is 8.78 Å². The SMILES string of the molecule is N#Cc1cc(Br)cc(OC(F)F)c1Br. The minimum atomic E-state index is -2.91. The lowest BCUT2D eigenvalue weighted by Gasteiger charge is -2.08. The molecule has 0 aliphatic carbocycles. The second kappa shape index (κ2) is 4.71. The van der Waals surface area contributed by atoms with Crippen molar-refractivity contribution in [2.75, 3.05) is 0 Å². The van der Waals surface area contributed by atoms with Crippen molar-refractivity contribution in [3.05, 3.63) is 26.6 Å². The molecule has 0 aliphatic rings. The van der Waals surface area contributed by atoms with Gasteiger partial charge in [-0.3, -0.25) is 0 Å². The maximum atomic E-state index is 11.9. The summed E-state index contributed by atoms with van der Waals surface area (Å²) in [6.45, 7) is -2.91. The first kappa shape index (κ1) is 11.4. The minimum Gasteiger partial charge on any atom is -0.434 e. The van der Waals surface area contributed by atoms with Crippen LogP contribution in [0.15, 0.2) is 21.1 Å². The van der Waals surface area contributed by atoms with Gasteiger partial charge in [0, 0.05) is 4.47 Å². The predicted molar refractivity (Wildman–Crippen MR) is 53.2 cm³/mol. The van der Waals surface area contributed by atoms with Crippen LogP contribution in [0.5, 0.6) is 5.75 Å². The number of ether oxygens (including phenoxy) is 1. The van der Waals surface area contributed by atoms with Crippen LogP contribution in [0.1, 0.15) is 5.56 Å². The number of halogens is 4. The van der Waals surface area contributed by atoms with Crippen LogP contribution in [-0.4, -0.2) is 6.61 Å². The van der Waals surface area contributed by atoms with Crippen molar-refractivity contribution in [2.45, 2.75) is 6.61 Å². The van der Waals surface area contributed by atoms with Crippen molar-refractivity contribution in [1.82, 2.24) is 0 Å². The highest BCUT2D eigenvalue weighted by Crippen LogP contribution is 2.33. The van der Waals surface area contributed by atoms with Gasteiger partial charge in [-0.2, -0.15) is 14.0 Å². The normalized spacial score (nSPS) is 10.0. The first-order chi connectivity index (χ1) is 6.54. The third-order valence-electron chi connectivity index (χ3n) is 1.34. The zero-order chi connectivity index (χ0) is 10.7. The standard InChI is InChI=1S/C8H3Br2F2NO/c9-5-1-4(3-13)7(10)6(2-5)14-8(11)12/h1-2,8H. The van der Waals surface area contributed by atoms with Crippen LogP contribution in [0, 0.1) is 11.3 Å². The first-order valence-corrected chi connectivity index (χ1v) is 4.97. The lowest BCUT2D eigenvalue weighted by atomic mass is 10.2. The predicted octanol–water partition coefficient (Wildman–Crippen LogP) is 3.68. The molecule has 0 aliphatic heterocycles. The largest absolute Gasteiger partial charge is 0.434 e. The van der Waals surface area contributed by atoms with Crippen LogP contribution < -0.4 is 4.74 Å². The van der Waals surface area contributed by atoms with E-state index in [2.05, 4.69) is 36.6 Å². The summed E-state index contributed by atoms with van der Waals surface area (Å²) in [5.74, 6) is -0.0640. The molecule has 0 atom stereocenters. The van der Waals surface area contributed by atoms with Crippen LogP contribution >= 0.6 is 31.9 Å². The quantitative estimate of drug-likeness (QED) is 0.830. The summed E-state index contributed by atoms with van der Waals surface area (Å²) in [5.41, 5.74) is 0.232. The molecule has 0 spiro atoms. The van der Waals surface area contributed by atoms with Crippen molar-refractivity contribution in [3.8, 4) is 11.8 Å². The number of benzene rings is 1. The average Bonchev–Trinajstić information content (AvgIpc) is 2.09. The molecule has 0 heterocycles. The summed E-state index contributed by atoms with van der Waals surface area (Å²) in [6.07, 6.45) is 0. The van der Waals surface area contributed by atoms with Crippen LogP contribution in [-0.2, 0) is 0 Å². The fourth-order valence-corrected chi connectivity index (χ4v) is 1.68. The molecule has 74 valence electrons. The van der Waals surface area contributed by atoms with Gasteiger partial charge in [0.25, 0.3) is 0 Å². The zero-order valence-electron chi connectivity index (χ0n) is 6.60. The van der Waals surface area contributed by atoms with Gasteiger partial charge in [0.2, 0.25) is 0 Å². The topological polar surface area (TPSA) is 33.0 Å². The van der Waals surface area contributed by atoms with Crippen LogP contribution in [0.25, 0.3) is 0 Å². The lowest BCUT2D eigenvalue weighted by molar-refractivity contribution is -0.0504. The van der Waals surface area contributed by atoms with Gasteiger partial charge in [-0.15, -0.1) is 0 Å². The van der Waals surface area contributed by atoms with E-state index in [1.54, 1.807) is 0 Å². The molecule has 0 saturated carbocycles. The van der Waals surface area contributed by atoms with Gasteiger partial charge >= 0.3 is 6.61 Å². The zero-order valence-corrected chi connectivity index (χ0v) is 9.77. The lowest BCUT2D eigenvalue weighted by Crippen LogP contribution is -2.03. The molecule has 0 aromatic heterocycles. The summed E-state index contributed by atoms with van der Waals surface area (Å²) in [4.78, 5) is 0. The van der Waals surface area contributed by atoms with Crippen LogP contribution in [0.3, 0.4) is 0 Å². The van der Waals surface area contributed by atoms with Crippen LogP contribution in [0.4, 0.5) is 8.78 Å². The monoisotopic (exact) mass is 325 g/mol. The highest BCUT2D eigenvalue weighted by Gasteiger charge is 2.12. The second-order valence-corrected chi connectivity index (χ2v) is 3.96. The highest BCUT2D eigenvalue weighted by atomic mass is 79.9. The Hall–Kier alpha value is -0.670. The molecule has 1 aromatic carbocycles. The summed E-state index contributed by atoms with van der Waals surface area (Å²) in [7, 11) is 0. The van der Waals surface area contributed by atoms with Crippen molar-refractivity contribution >= 4 is 31.9 Å². The van der Waals surface area contributed by atoms with Gasteiger partial charge < -0.3 is 4.74 Å². The van der Waals surface area contributed by atoms with E-state index >= 15 is 0 Å². The maximum Gasteiger partial charge on any atom is 0.387 e. The van der Waals surface area contributed by atoms with Crippen molar-refractivity contribution in [2.24, 2.45) is 0 Å². The van der Waals surface area contributed by atoms with Gasteiger partial charge in [0.15, 0.2) is 0 Å². The molecule has 0 unspecified atom stereocenters. The fraction of sp³-hybridized carbons (Fsp3) is 0.125. The Morgan fingerprint density at radius 2 is 2.00 bits per heavy atom. The Morgan fingerprint density at radius 1 is 1.36 bits per heavy atom. The van der Waals surface area contributed by atoms with E-state index in [0.717, 1.165) is 0 Å². The second-order valence-electron chi connectivity index (χ2n) is 2.26. The Kier molecular flexibility index (Phi) is 3.84. The summed E-state index contributed by atoms with van der Waals surface area (Å²) < 4.78 is 28.8. The van der Waals surface area contributed by atoms with Crippen molar-refractivity contribution < 1.29 is 13.5 Å². The molecular formula is C8H3Br2F2NO. The molecule has 2 nitrogen and oxygen atoms in total. The van der Waals surface area contributed by atoms with E-state index in [1.165, 1.54) is 12.1 Å². The molecule has 14 heavy (non-hydrogen) atoms. The Labute approximate surface area is 95.7 Å². The van der Waals surface area contributed by atoms with E-state index in [0.29, 0.717) is 4.47 Å². The Balaban J connectivity index is 3.17. The van der Waals surface area contributed by atoms with Gasteiger partial charge in [-0.25, -0.2) is 0 Å². The summed E-state index contributed by atoms with van der Waals surface area (Å²) in [6, 6.07) is 4.71. The number of rotatable bonds is 2. The molecule has 1 rings (SSSR count). The number of nitrogens with zero attached hydrogens (tertiary/aromatic N) is 1. The van der Waals surface area contributed by atoms with E-state index in [4.69, 9.17) is 5.26 Å². The van der Waals surface area contributed by atoms with Gasteiger partial charge in [0.1, 0.15) is 11.8 Å². The molecular weight excluding hydrogens is 324 g/mol. The first-order valence-electron chi connectivity index (χ1n) is 3.38. The molecule has 0 radical (unpaired) electrons. The summed E-state index contributed by atoms with van der Waals surface area (Å²) in [5, 5.41) is 8.66. The molecule has 0 amide bonds. The van der Waals surface area contributed by atoms with Crippen molar-refractivity contribution in [3.63, 3.8) is 0 Å². The number of alkyl halides is 2. The summed E-state index contributed by atoms with van der Waals surface area (Å²) >= 11 is 6.08. The third-order valence-corrected chi connectivity index (χ3v) is 2.62. The molecule has 0 bridgehead atoms. The third kappa shape index (κ3) is 2.66. The molecule has 1 aromatic rings. The Bertz CT molecular complexity index is 390. The number of hydrogen-bond acceptors (Lipinski definition) is 2. The van der Waals surface area contributed by atoms with Gasteiger partial charge in [0.05, 0.1) is 10.0 Å². The smallest absolute Gasteiger partial charge is 0.387 e. The maximum absolute atomic E-state index is 11.9. The average molecular weight is 327 g/mol. The van der Waals surface area contributed by atoms with Crippen molar-refractivity contribution in [1.29, 1.82) is 5.26 Å². The number of hydrogen-bond donors (Lipinski definition) is 0.